The number of terminal acetylenes is 1. The molecule has 0 unspecified atom stereocenters. The summed E-state index contributed by atoms with van der Waals surface area (Å²) in [6.45, 7) is 0.945. The third-order valence-corrected chi connectivity index (χ3v) is 0.901. The number of ether oxygens (including phenoxy) is 1. The van der Waals surface area contributed by atoms with E-state index in [4.69, 9.17) is 6.42 Å². The van der Waals surface area contributed by atoms with E-state index < -0.39 is 0 Å². The average Bonchev–Trinajstić information content (AvgIpc) is 1.89. The first-order valence-corrected chi connectivity index (χ1v) is 2.90. The van der Waals surface area contributed by atoms with E-state index in [1.807, 2.05) is 0 Å². The summed E-state index contributed by atoms with van der Waals surface area (Å²) in [5.74, 6) is 2.50. The van der Waals surface area contributed by atoms with Crippen LogP contribution in [0.2, 0.25) is 0 Å². The van der Waals surface area contributed by atoms with Gasteiger partial charge in [0.2, 0.25) is 0 Å². The van der Waals surface area contributed by atoms with Crippen LogP contribution in [0.4, 0.5) is 0 Å². The van der Waals surface area contributed by atoms with Crippen molar-refractivity contribution in [2.75, 3.05) is 6.61 Å². The summed E-state index contributed by atoms with van der Waals surface area (Å²) in [6.07, 6.45) is 7.55. The Balaban J connectivity index is 2.76. The largest absolute Gasteiger partial charge is 0.468 e. The number of unbranched alkanes of at least 4 members (excludes halogenated alkanes) is 2. The maximum absolute atomic E-state index is 9.58. The Labute approximate surface area is 55.2 Å². The molecule has 0 aliphatic rings. The molecule has 0 aliphatic carbocycles. The Morgan fingerprint density at radius 3 is 2.89 bits per heavy atom. The van der Waals surface area contributed by atoms with Crippen LogP contribution in [0, 0.1) is 12.3 Å². The van der Waals surface area contributed by atoms with E-state index in [2.05, 4.69) is 10.7 Å². The number of rotatable bonds is 5. The summed E-state index contributed by atoms with van der Waals surface area (Å²) in [5, 5.41) is 0. The van der Waals surface area contributed by atoms with Crippen LogP contribution in [-0.4, -0.2) is 13.1 Å². The van der Waals surface area contributed by atoms with Gasteiger partial charge in [0.05, 0.1) is 6.61 Å². The third kappa shape index (κ3) is 7.03. The maximum Gasteiger partial charge on any atom is 0.293 e. The normalized spacial score (nSPS) is 7.89. The first-order chi connectivity index (χ1) is 4.41. The zero-order valence-corrected chi connectivity index (χ0v) is 5.30. The molecule has 0 aromatic rings. The van der Waals surface area contributed by atoms with Crippen molar-refractivity contribution in [3.8, 4) is 12.3 Å². The predicted octanol–water partition coefficient (Wildman–Crippen LogP) is 0.963. The minimum absolute atomic E-state index is 0.454. The molecule has 0 aromatic heterocycles. The van der Waals surface area contributed by atoms with Gasteiger partial charge in [-0.2, -0.15) is 0 Å². The number of carbonyl (C=O) groups is 1. The SMILES string of the molecule is C#CCCCCOC=O. The summed E-state index contributed by atoms with van der Waals surface area (Å²) in [4.78, 5) is 9.58. The molecule has 0 saturated heterocycles. The molecule has 0 fully saturated rings. The molecule has 0 aromatic carbocycles. The molecule has 0 bridgehead atoms. The van der Waals surface area contributed by atoms with Gasteiger partial charge >= 0.3 is 0 Å². The molecule has 0 radical (unpaired) electrons. The van der Waals surface area contributed by atoms with Crippen LogP contribution < -0.4 is 0 Å². The van der Waals surface area contributed by atoms with E-state index in [0.717, 1.165) is 19.3 Å². The number of hydrogen-bond donors (Lipinski definition) is 0. The summed E-state index contributed by atoms with van der Waals surface area (Å²) in [7, 11) is 0. The summed E-state index contributed by atoms with van der Waals surface area (Å²) < 4.78 is 4.43. The fourth-order valence-corrected chi connectivity index (χ4v) is 0.461. The number of carbonyl (C=O) groups excluding carboxylic acids is 1. The van der Waals surface area contributed by atoms with E-state index in [1.54, 1.807) is 0 Å². The maximum atomic E-state index is 9.58. The van der Waals surface area contributed by atoms with Gasteiger partial charge in [-0.1, -0.05) is 0 Å². The molecule has 0 aliphatic heterocycles. The smallest absolute Gasteiger partial charge is 0.293 e. The van der Waals surface area contributed by atoms with Gasteiger partial charge in [-0.25, -0.2) is 0 Å². The molecule has 0 N–H and O–H groups in total. The van der Waals surface area contributed by atoms with Crippen LogP contribution in [0.1, 0.15) is 19.3 Å². The highest BCUT2D eigenvalue weighted by molar-refractivity contribution is 5.36. The van der Waals surface area contributed by atoms with Crippen molar-refractivity contribution < 1.29 is 9.53 Å². The van der Waals surface area contributed by atoms with E-state index in [1.165, 1.54) is 0 Å². The van der Waals surface area contributed by atoms with Gasteiger partial charge in [0.15, 0.2) is 0 Å². The highest BCUT2D eigenvalue weighted by Crippen LogP contribution is 1.92. The van der Waals surface area contributed by atoms with Crippen LogP contribution >= 0.6 is 0 Å². The van der Waals surface area contributed by atoms with Crippen molar-refractivity contribution in [1.82, 2.24) is 0 Å². The summed E-state index contributed by atoms with van der Waals surface area (Å²) in [6, 6.07) is 0. The second-order valence-corrected chi connectivity index (χ2v) is 1.63. The molecule has 50 valence electrons. The van der Waals surface area contributed by atoms with Gasteiger partial charge in [0.25, 0.3) is 6.47 Å². The highest BCUT2D eigenvalue weighted by atomic mass is 16.5. The second-order valence-electron chi connectivity index (χ2n) is 1.63. The first kappa shape index (κ1) is 8.03. The van der Waals surface area contributed by atoms with Crippen LogP contribution in [0.25, 0.3) is 0 Å². The lowest BCUT2D eigenvalue weighted by atomic mass is 10.2. The molecule has 0 amide bonds. The molecule has 9 heavy (non-hydrogen) atoms. The Bertz CT molecular complexity index is 102. The van der Waals surface area contributed by atoms with Gasteiger partial charge < -0.3 is 4.74 Å². The average molecular weight is 126 g/mol. The molecule has 0 spiro atoms. The molecular weight excluding hydrogens is 116 g/mol. The minimum atomic E-state index is 0.454. The van der Waals surface area contributed by atoms with E-state index in [9.17, 15) is 4.79 Å². The molecule has 0 saturated carbocycles. The summed E-state index contributed by atoms with van der Waals surface area (Å²) in [5.41, 5.74) is 0. The van der Waals surface area contributed by atoms with Gasteiger partial charge in [-0.15, -0.1) is 12.3 Å². The van der Waals surface area contributed by atoms with Crippen LogP contribution in [0.15, 0.2) is 0 Å². The fraction of sp³-hybridized carbons (Fsp3) is 0.571. The van der Waals surface area contributed by atoms with E-state index in [0.29, 0.717) is 13.1 Å². The topological polar surface area (TPSA) is 26.3 Å². The molecular formula is C7H10O2. The Morgan fingerprint density at radius 1 is 1.56 bits per heavy atom. The zero-order chi connectivity index (χ0) is 6.95. The molecule has 0 rings (SSSR count). The van der Waals surface area contributed by atoms with Crippen molar-refractivity contribution in [3.05, 3.63) is 0 Å². The first-order valence-electron chi connectivity index (χ1n) is 2.90. The number of hydrogen-bond acceptors (Lipinski definition) is 2. The Hall–Kier alpha value is -0.970. The Morgan fingerprint density at radius 2 is 2.33 bits per heavy atom. The lowest BCUT2D eigenvalue weighted by Crippen LogP contribution is -1.90. The summed E-state index contributed by atoms with van der Waals surface area (Å²) >= 11 is 0. The van der Waals surface area contributed by atoms with Crippen LogP contribution in [0.3, 0.4) is 0 Å². The molecule has 2 heteroatoms. The van der Waals surface area contributed by atoms with Crippen molar-refractivity contribution in [2.24, 2.45) is 0 Å². The van der Waals surface area contributed by atoms with E-state index in [-0.39, 0.29) is 0 Å². The molecule has 0 atom stereocenters. The second kappa shape index (κ2) is 7.03. The third-order valence-electron chi connectivity index (χ3n) is 0.901. The van der Waals surface area contributed by atoms with Gasteiger partial charge in [-0.05, 0) is 12.8 Å². The lowest BCUT2D eigenvalue weighted by molar-refractivity contribution is -0.128. The fourth-order valence-electron chi connectivity index (χ4n) is 0.461. The molecule has 2 nitrogen and oxygen atoms in total. The zero-order valence-electron chi connectivity index (χ0n) is 5.30. The lowest BCUT2D eigenvalue weighted by Gasteiger charge is -1.93. The van der Waals surface area contributed by atoms with Crippen LogP contribution in [0.5, 0.6) is 0 Å². The van der Waals surface area contributed by atoms with Crippen molar-refractivity contribution in [2.45, 2.75) is 19.3 Å². The quantitative estimate of drug-likeness (QED) is 0.311. The van der Waals surface area contributed by atoms with Crippen molar-refractivity contribution >= 4 is 6.47 Å². The van der Waals surface area contributed by atoms with Crippen LogP contribution in [-0.2, 0) is 9.53 Å². The monoisotopic (exact) mass is 126 g/mol. The standard InChI is InChI=1S/C7H10O2/c1-2-3-4-5-6-9-7-8/h1,7H,3-6H2. The minimum Gasteiger partial charge on any atom is -0.468 e. The van der Waals surface area contributed by atoms with Gasteiger partial charge in [0.1, 0.15) is 0 Å². The van der Waals surface area contributed by atoms with Gasteiger partial charge in [0, 0.05) is 6.42 Å². The van der Waals surface area contributed by atoms with Crippen molar-refractivity contribution in [3.63, 3.8) is 0 Å². The van der Waals surface area contributed by atoms with E-state index >= 15 is 0 Å². The predicted molar refractivity (Wildman–Crippen MR) is 34.7 cm³/mol. The van der Waals surface area contributed by atoms with Crippen molar-refractivity contribution in [1.29, 1.82) is 0 Å². The van der Waals surface area contributed by atoms with Gasteiger partial charge in [-0.3, -0.25) is 4.79 Å². The highest BCUT2D eigenvalue weighted by Gasteiger charge is 1.84. The Kier molecular flexibility index (Phi) is 6.27. The molecule has 0 heterocycles.